The Kier molecular flexibility index (Phi) is 7.73. The molecule has 5 heteroatoms. The van der Waals surface area contributed by atoms with Crippen molar-refractivity contribution in [3.05, 3.63) is 35.4 Å². The number of esters is 1. The van der Waals surface area contributed by atoms with Crippen molar-refractivity contribution in [3.8, 4) is 12.3 Å². The fourth-order valence-electron chi connectivity index (χ4n) is 1.94. The molecule has 0 aromatic heterocycles. The van der Waals surface area contributed by atoms with Gasteiger partial charge < -0.3 is 15.8 Å². The van der Waals surface area contributed by atoms with Gasteiger partial charge in [0.1, 0.15) is 6.04 Å². The SMILES string of the molecule is C#Cc1ccc(C(=O)N[C@@H](CCCCN)C(=O)OCC)cc1. The molecule has 0 heterocycles. The Balaban J connectivity index is 2.71. The largest absolute Gasteiger partial charge is 0.464 e. The third-order valence-corrected chi connectivity index (χ3v) is 3.14. The standard InChI is InChI=1S/C17H22N2O3/c1-3-13-8-10-14(11-9-13)16(20)19-15(7-5-6-12-18)17(21)22-4-2/h1,8-11,15H,4-7,12,18H2,2H3,(H,19,20)/t15-/m0/s1. The van der Waals surface area contributed by atoms with Gasteiger partial charge in [-0.2, -0.15) is 0 Å². The van der Waals surface area contributed by atoms with Gasteiger partial charge in [0.15, 0.2) is 0 Å². The number of terminal acetylenes is 1. The molecule has 1 aromatic rings. The van der Waals surface area contributed by atoms with Crippen LogP contribution in [0.5, 0.6) is 0 Å². The van der Waals surface area contributed by atoms with Gasteiger partial charge in [-0.15, -0.1) is 6.42 Å². The minimum atomic E-state index is -0.661. The van der Waals surface area contributed by atoms with Crippen LogP contribution in [0.4, 0.5) is 0 Å². The van der Waals surface area contributed by atoms with Crippen LogP contribution in [0.15, 0.2) is 24.3 Å². The Morgan fingerprint density at radius 2 is 2.00 bits per heavy atom. The molecule has 0 spiro atoms. The summed E-state index contributed by atoms with van der Waals surface area (Å²) in [4.78, 5) is 24.1. The Hall–Kier alpha value is -2.32. The highest BCUT2D eigenvalue weighted by Gasteiger charge is 2.22. The number of nitrogens with two attached hydrogens (primary N) is 1. The third-order valence-electron chi connectivity index (χ3n) is 3.14. The molecule has 0 bridgehead atoms. The highest BCUT2D eigenvalue weighted by molar-refractivity contribution is 5.96. The van der Waals surface area contributed by atoms with E-state index in [1.165, 1.54) is 0 Å². The van der Waals surface area contributed by atoms with E-state index in [1.54, 1.807) is 31.2 Å². The van der Waals surface area contributed by atoms with E-state index >= 15 is 0 Å². The smallest absolute Gasteiger partial charge is 0.328 e. The minimum Gasteiger partial charge on any atom is -0.464 e. The van der Waals surface area contributed by atoms with Gasteiger partial charge in [-0.25, -0.2) is 4.79 Å². The van der Waals surface area contributed by atoms with Crippen molar-refractivity contribution in [2.45, 2.75) is 32.2 Å². The van der Waals surface area contributed by atoms with Crippen molar-refractivity contribution in [1.82, 2.24) is 5.32 Å². The lowest BCUT2D eigenvalue weighted by Crippen LogP contribution is -2.42. The molecule has 1 rings (SSSR count). The molecule has 0 aliphatic heterocycles. The summed E-state index contributed by atoms with van der Waals surface area (Å²) in [6.45, 7) is 2.56. The van der Waals surface area contributed by atoms with Gasteiger partial charge >= 0.3 is 5.97 Å². The van der Waals surface area contributed by atoms with Gasteiger partial charge in [-0.05, 0) is 57.0 Å². The molecular formula is C17H22N2O3. The van der Waals surface area contributed by atoms with E-state index in [0.29, 0.717) is 24.1 Å². The zero-order valence-electron chi connectivity index (χ0n) is 12.8. The van der Waals surface area contributed by atoms with E-state index < -0.39 is 12.0 Å². The lowest BCUT2D eigenvalue weighted by atomic mass is 10.1. The number of hydrogen-bond donors (Lipinski definition) is 2. The molecule has 0 fully saturated rings. The van der Waals surface area contributed by atoms with E-state index in [2.05, 4.69) is 11.2 Å². The van der Waals surface area contributed by atoms with Crippen LogP contribution in [0.1, 0.15) is 42.1 Å². The Bertz CT molecular complexity index is 532. The van der Waals surface area contributed by atoms with Crippen LogP contribution in [0.25, 0.3) is 0 Å². The highest BCUT2D eigenvalue weighted by Crippen LogP contribution is 2.07. The number of rotatable bonds is 8. The predicted molar refractivity (Wildman–Crippen MR) is 85.2 cm³/mol. The molecule has 1 atom stereocenters. The molecule has 0 unspecified atom stereocenters. The lowest BCUT2D eigenvalue weighted by molar-refractivity contribution is -0.145. The molecule has 22 heavy (non-hydrogen) atoms. The summed E-state index contributed by atoms with van der Waals surface area (Å²) in [7, 11) is 0. The topological polar surface area (TPSA) is 81.4 Å². The number of ether oxygens (including phenoxy) is 1. The number of nitrogens with one attached hydrogen (secondary N) is 1. The maximum absolute atomic E-state index is 12.2. The highest BCUT2D eigenvalue weighted by atomic mass is 16.5. The molecule has 0 saturated carbocycles. The van der Waals surface area contributed by atoms with Gasteiger partial charge in [0.2, 0.25) is 0 Å². The first-order chi connectivity index (χ1) is 10.6. The van der Waals surface area contributed by atoms with E-state index in [1.807, 2.05) is 0 Å². The summed E-state index contributed by atoms with van der Waals surface area (Å²) in [5.74, 6) is 1.74. The zero-order valence-corrected chi connectivity index (χ0v) is 12.8. The van der Waals surface area contributed by atoms with Gasteiger partial charge in [0.25, 0.3) is 5.91 Å². The second-order valence-corrected chi connectivity index (χ2v) is 4.78. The summed E-state index contributed by atoms with van der Waals surface area (Å²) in [5.41, 5.74) is 6.60. The Labute approximate surface area is 131 Å². The second-order valence-electron chi connectivity index (χ2n) is 4.78. The average Bonchev–Trinajstić information content (AvgIpc) is 2.54. The van der Waals surface area contributed by atoms with Crippen LogP contribution >= 0.6 is 0 Å². The third kappa shape index (κ3) is 5.58. The first-order valence-corrected chi connectivity index (χ1v) is 7.36. The first-order valence-electron chi connectivity index (χ1n) is 7.36. The normalized spacial score (nSPS) is 11.3. The fourth-order valence-corrected chi connectivity index (χ4v) is 1.94. The molecule has 118 valence electrons. The molecular weight excluding hydrogens is 280 g/mol. The molecule has 1 aromatic carbocycles. The maximum Gasteiger partial charge on any atom is 0.328 e. The molecule has 0 aliphatic rings. The van der Waals surface area contributed by atoms with Gasteiger partial charge in [-0.1, -0.05) is 5.92 Å². The summed E-state index contributed by atoms with van der Waals surface area (Å²) in [6.07, 6.45) is 7.32. The van der Waals surface area contributed by atoms with E-state index in [0.717, 1.165) is 12.8 Å². The molecule has 1 amide bonds. The van der Waals surface area contributed by atoms with Gasteiger partial charge in [0, 0.05) is 11.1 Å². The second kappa shape index (κ2) is 9.59. The predicted octanol–water partition coefficient (Wildman–Crippen LogP) is 1.46. The molecule has 0 saturated heterocycles. The van der Waals surface area contributed by atoms with Crippen molar-refractivity contribution in [2.24, 2.45) is 5.73 Å². The van der Waals surface area contributed by atoms with Crippen LogP contribution in [0.3, 0.4) is 0 Å². The van der Waals surface area contributed by atoms with E-state index in [-0.39, 0.29) is 12.5 Å². The minimum absolute atomic E-state index is 0.277. The van der Waals surface area contributed by atoms with Crippen LogP contribution in [-0.2, 0) is 9.53 Å². The van der Waals surface area contributed by atoms with Crippen LogP contribution in [0, 0.1) is 12.3 Å². The van der Waals surface area contributed by atoms with E-state index in [9.17, 15) is 9.59 Å². The van der Waals surface area contributed by atoms with E-state index in [4.69, 9.17) is 16.9 Å². The van der Waals surface area contributed by atoms with Crippen molar-refractivity contribution >= 4 is 11.9 Å². The number of hydrogen-bond acceptors (Lipinski definition) is 4. The first kappa shape index (κ1) is 17.7. The Morgan fingerprint density at radius 3 is 2.55 bits per heavy atom. The van der Waals surface area contributed by atoms with Crippen LogP contribution in [-0.4, -0.2) is 31.1 Å². The summed E-state index contributed by atoms with van der Waals surface area (Å²) in [5, 5.41) is 2.71. The van der Waals surface area contributed by atoms with Gasteiger partial charge in [0.05, 0.1) is 6.61 Å². The maximum atomic E-state index is 12.2. The number of amides is 1. The molecule has 3 N–H and O–H groups in total. The number of carbonyl (C=O) groups excluding carboxylic acids is 2. The molecule has 0 radical (unpaired) electrons. The Morgan fingerprint density at radius 1 is 1.32 bits per heavy atom. The quantitative estimate of drug-likeness (QED) is 0.433. The summed E-state index contributed by atoms with van der Waals surface area (Å²) >= 11 is 0. The van der Waals surface area contributed by atoms with Crippen molar-refractivity contribution in [3.63, 3.8) is 0 Å². The van der Waals surface area contributed by atoms with Crippen LogP contribution in [0.2, 0.25) is 0 Å². The monoisotopic (exact) mass is 302 g/mol. The summed E-state index contributed by atoms with van der Waals surface area (Å²) < 4.78 is 5.00. The lowest BCUT2D eigenvalue weighted by Gasteiger charge is -2.17. The van der Waals surface area contributed by atoms with Crippen molar-refractivity contribution in [1.29, 1.82) is 0 Å². The number of benzene rings is 1. The van der Waals surface area contributed by atoms with Crippen LogP contribution < -0.4 is 11.1 Å². The van der Waals surface area contributed by atoms with Crippen molar-refractivity contribution < 1.29 is 14.3 Å². The van der Waals surface area contributed by atoms with Crippen molar-refractivity contribution in [2.75, 3.05) is 13.2 Å². The molecule has 5 nitrogen and oxygen atoms in total. The van der Waals surface area contributed by atoms with Gasteiger partial charge in [-0.3, -0.25) is 4.79 Å². The number of unbranched alkanes of at least 4 members (excludes halogenated alkanes) is 1. The number of carbonyl (C=O) groups is 2. The average molecular weight is 302 g/mol. The molecule has 0 aliphatic carbocycles. The fraction of sp³-hybridized carbons (Fsp3) is 0.412. The summed E-state index contributed by atoms with van der Waals surface area (Å²) in [6, 6.07) is 5.97. The zero-order chi connectivity index (χ0) is 16.4.